The third kappa shape index (κ3) is 5.37. The van der Waals surface area contributed by atoms with Gasteiger partial charge in [0.15, 0.2) is 0 Å². The van der Waals surface area contributed by atoms with Gasteiger partial charge in [-0.05, 0) is 133 Å². The summed E-state index contributed by atoms with van der Waals surface area (Å²) in [4.78, 5) is 1.49. The summed E-state index contributed by atoms with van der Waals surface area (Å²) < 4.78 is 6.36. The van der Waals surface area contributed by atoms with Crippen molar-refractivity contribution in [3.63, 3.8) is 0 Å². The Balaban J connectivity index is 1.20. The first kappa shape index (κ1) is 33.9. The standard InChI is InChI=1S/C54H42N2S/c1-3-16-35(4-2)37-19-14-21-40(31-37)55-47-26-11-8-23-42(47)46-33-39(29-30-49(46)55)45-34-51-53(44-25-10-13-28-50(44)57-51)54-52(45)43-24-9-12-27-48(43)56(54)41-22-15-20-38(32-41)36-17-6-5-7-18-36/h3-4,6,8-12,14-27,29-34H,5,7,13,28H2,1-2H3/b16-3-,35-4+. The van der Waals surface area contributed by atoms with Crippen LogP contribution in [0.5, 0.6) is 0 Å². The summed E-state index contributed by atoms with van der Waals surface area (Å²) in [5.74, 6) is 0. The molecule has 0 spiro atoms. The van der Waals surface area contributed by atoms with Gasteiger partial charge in [-0.15, -0.1) is 11.3 Å². The lowest BCUT2D eigenvalue weighted by Crippen LogP contribution is -1.97. The smallest absolute Gasteiger partial charge is 0.0640 e. The molecule has 0 amide bonds. The van der Waals surface area contributed by atoms with E-state index in [0.29, 0.717) is 0 Å². The average Bonchev–Trinajstić information content (AvgIpc) is 3.93. The molecule has 3 aromatic heterocycles. The van der Waals surface area contributed by atoms with Crippen LogP contribution in [0.1, 0.15) is 54.7 Å². The molecule has 11 rings (SSSR count). The molecule has 6 aromatic carbocycles. The van der Waals surface area contributed by atoms with E-state index in [-0.39, 0.29) is 0 Å². The molecule has 2 aliphatic rings. The van der Waals surface area contributed by atoms with Gasteiger partial charge in [0.25, 0.3) is 0 Å². The summed E-state index contributed by atoms with van der Waals surface area (Å²) in [6.45, 7) is 4.19. The van der Waals surface area contributed by atoms with Crippen molar-refractivity contribution < 1.29 is 0 Å². The van der Waals surface area contributed by atoms with E-state index < -0.39 is 0 Å². The zero-order valence-electron chi connectivity index (χ0n) is 32.3. The summed E-state index contributed by atoms with van der Waals surface area (Å²) in [6, 6.07) is 45.7. The molecule has 57 heavy (non-hydrogen) atoms. The molecule has 0 radical (unpaired) electrons. The molecule has 3 heterocycles. The van der Waals surface area contributed by atoms with Crippen molar-refractivity contribution in [2.75, 3.05) is 0 Å². The number of benzene rings is 6. The van der Waals surface area contributed by atoms with Crippen LogP contribution in [0.25, 0.3) is 93.4 Å². The first-order chi connectivity index (χ1) is 28.2. The van der Waals surface area contributed by atoms with Gasteiger partial charge >= 0.3 is 0 Å². The number of para-hydroxylation sites is 2. The number of hydrogen-bond acceptors (Lipinski definition) is 1. The highest BCUT2D eigenvalue weighted by atomic mass is 32.1. The van der Waals surface area contributed by atoms with Crippen molar-refractivity contribution in [2.45, 2.75) is 39.5 Å². The lowest BCUT2D eigenvalue weighted by Gasteiger charge is -2.14. The zero-order chi connectivity index (χ0) is 38.0. The van der Waals surface area contributed by atoms with E-state index >= 15 is 0 Å². The number of aromatic nitrogens is 2. The largest absolute Gasteiger partial charge is 0.309 e. The Hall–Kier alpha value is -6.42. The quantitative estimate of drug-likeness (QED) is 0.150. The summed E-state index contributed by atoms with van der Waals surface area (Å²) in [5.41, 5.74) is 16.3. The maximum absolute atomic E-state index is 2.56. The van der Waals surface area contributed by atoms with Gasteiger partial charge in [-0.3, -0.25) is 0 Å². The van der Waals surface area contributed by atoms with Crippen LogP contribution in [0.15, 0.2) is 164 Å². The fourth-order valence-electron chi connectivity index (χ4n) is 9.52. The fourth-order valence-corrected chi connectivity index (χ4v) is 10.8. The van der Waals surface area contributed by atoms with E-state index in [0.717, 1.165) is 25.7 Å². The van der Waals surface area contributed by atoms with Gasteiger partial charge in [0.05, 0.1) is 22.1 Å². The average molecular weight is 751 g/mol. The van der Waals surface area contributed by atoms with Crippen molar-refractivity contribution in [1.82, 2.24) is 9.13 Å². The summed E-state index contributed by atoms with van der Waals surface area (Å²) in [7, 11) is 0. The number of hydrogen-bond donors (Lipinski definition) is 0. The molecule has 0 aliphatic heterocycles. The molecule has 0 fully saturated rings. The normalized spacial score (nSPS) is 14.6. The predicted molar refractivity (Wildman–Crippen MR) is 248 cm³/mol. The Kier molecular flexibility index (Phi) is 8.11. The molecule has 0 saturated carbocycles. The second-order valence-electron chi connectivity index (χ2n) is 15.3. The van der Waals surface area contributed by atoms with Crippen molar-refractivity contribution >= 4 is 82.3 Å². The minimum atomic E-state index is 1.09. The van der Waals surface area contributed by atoms with Crippen LogP contribution in [-0.2, 0) is 6.42 Å². The van der Waals surface area contributed by atoms with E-state index in [1.165, 1.54) is 109 Å². The van der Waals surface area contributed by atoms with Gasteiger partial charge in [-0.25, -0.2) is 0 Å². The van der Waals surface area contributed by atoms with Crippen LogP contribution in [0.2, 0.25) is 0 Å². The Morgan fingerprint density at radius 3 is 2.21 bits per heavy atom. The van der Waals surface area contributed by atoms with Gasteiger partial charge in [-0.2, -0.15) is 0 Å². The molecule has 2 nitrogen and oxygen atoms in total. The van der Waals surface area contributed by atoms with E-state index in [1.807, 2.05) is 11.3 Å². The monoisotopic (exact) mass is 750 g/mol. The highest BCUT2D eigenvalue weighted by Crippen LogP contribution is 2.48. The van der Waals surface area contributed by atoms with Gasteiger partial charge in [0, 0.05) is 47.9 Å². The fraction of sp³-hybridized carbons (Fsp3) is 0.111. The molecule has 0 bridgehead atoms. The first-order valence-corrected chi connectivity index (χ1v) is 21.1. The zero-order valence-corrected chi connectivity index (χ0v) is 33.1. The van der Waals surface area contributed by atoms with Crippen molar-refractivity contribution in [3.8, 4) is 22.5 Å². The lowest BCUT2D eigenvalue weighted by molar-refractivity contribution is 1.02. The van der Waals surface area contributed by atoms with E-state index in [4.69, 9.17) is 0 Å². The number of nitrogens with zero attached hydrogens (tertiary/aromatic N) is 2. The molecular formula is C54H42N2S. The Bertz CT molecular complexity index is 3260. The predicted octanol–water partition coefficient (Wildman–Crippen LogP) is 15.4. The maximum Gasteiger partial charge on any atom is 0.0640 e. The highest BCUT2D eigenvalue weighted by molar-refractivity contribution is 7.19. The van der Waals surface area contributed by atoms with Crippen LogP contribution < -0.4 is 0 Å². The molecular weight excluding hydrogens is 709 g/mol. The minimum Gasteiger partial charge on any atom is -0.309 e. The van der Waals surface area contributed by atoms with Crippen LogP contribution in [-0.4, -0.2) is 9.13 Å². The number of allylic oxidation sites excluding steroid dienone is 9. The summed E-state index contributed by atoms with van der Waals surface area (Å²) in [5, 5.41) is 6.50. The Morgan fingerprint density at radius 1 is 0.614 bits per heavy atom. The van der Waals surface area contributed by atoms with Crippen molar-refractivity contribution in [1.29, 1.82) is 0 Å². The Labute approximate surface area is 337 Å². The molecule has 274 valence electrons. The van der Waals surface area contributed by atoms with Crippen molar-refractivity contribution in [2.24, 2.45) is 0 Å². The molecule has 3 heteroatoms. The molecule has 0 N–H and O–H groups in total. The van der Waals surface area contributed by atoms with Gasteiger partial charge in [0.2, 0.25) is 0 Å². The SMILES string of the molecule is C/C=C\C(=C/C)c1cccc(-n2c3ccccc3c3cc(-c4cc5sc6c(c5c5c4c4ccccc4n5-c4cccc(C5=CCCC=C5)c4)C=CCC6)ccc32)c1. The maximum atomic E-state index is 2.56. The highest BCUT2D eigenvalue weighted by Gasteiger charge is 2.25. The summed E-state index contributed by atoms with van der Waals surface area (Å²) in [6.07, 6.45) is 22.6. The molecule has 0 saturated heterocycles. The lowest BCUT2D eigenvalue weighted by atomic mass is 9.94. The number of thiophene rings is 1. The third-order valence-electron chi connectivity index (χ3n) is 12.0. The second-order valence-corrected chi connectivity index (χ2v) is 16.5. The Morgan fingerprint density at radius 2 is 1.39 bits per heavy atom. The van der Waals surface area contributed by atoms with Crippen LogP contribution in [0.4, 0.5) is 0 Å². The van der Waals surface area contributed by atoms with E-state index in [2.05, 4.69) is 193 Å². The van der Waals surface area contributed by atoms with Crippen LogP contribution in [0.3, 0.4) is 0 Å². The van der Waals surface area contributed by atoms with Gasteiger partial charge in [0.1, 0.15) is 0 Å². The molecule has 2 aliphatic carbocycles. The van der Waals surface area contributed by atoms with Gasteiger partial charge in [-0.1, -0.05) is 115 Å². The third-order valence-corrected chi connectivity index (χ3v) is 13.3. The van der Waals surface area contributed by atoms with E-state index in [9.17, 15) is 0 Å². The molecule has 0 atom stereocenters. The van der Waals surface area contributed by atoms with E-state index in [1.54, 1.807) is 0 Å². The van der Waals surface area contributed by atoms with Crippen LogP contribution in [0, 0.1) is 0 Å². The number of aryl methyl sites for hydroxylation is 1. The molecule has 0 unspecified atom stereocenters. The minimum absolute atomic E-state index is 1.09. The van der Waals surface area contributed by atoms with Crippen molar-refractivity contribution in [3.05, 3.63) is 185 Å². The summed E-state index contributed by atoms with van der Waals surface area (Å²) >= 11 is 1.98. The topological polar surface area (TPSA) is 9.86 Å². The number of fused-ring (bicyclic) bond motifs is 10. The second kappa shape index (κ2) is 13.7. The number of rotatable bonds is 6. The van der Waals surface area contributed by atoms with Crippen LogP contribution >= 0.6 is 11.3 Å². The molecule has 9 aromatic rings. The van der Waals surface area contributed by atoms with Gasteiger partial charge < -0.3 is 9.13 Å². The first-order valence-electron chi connectivity index (χ1n) is 20.3.